The van der Waals surface area contributed by atoms with Crippen LogP contribution in [0.4, 0.5) is 0 Å². The Bertz CT molecular complexity index is 1010. The standard InChI is InChI=1S/C26H39NOS/c1-16-26(11,29-16)20-19(24(5,6)7)18-13-12-17(14-23(2,3)4)15-27(18)22(28)21(20)25(8,9)10/h12-13,15-16H,14H2,1-11H3/t16-,26?/m0/s1. The van der Waals surface area contributed by atoms with Crippen molar-refractivity contribution in [1.29, 1.82) is 0 Å². The van der Waals surface area contributed by atoms with E-state index in [0.29, 0.717) is 5.25 Å². The zero-order chi connectivity index (χ0) is 22.2. The van der Waals surface area contributed by atoms with Gasteiger partial charge < -0.3 is 0 Å². The molecular formula is C26H39NOS. The van der Waals surface area contributed by atoms with Crippen molar-refractivity contribution in [3.8, 4) is 0 Å². The van der Waals surface area contributed by atoms with Crippen LogP contribution in [-0.2, 0) is 22.0 Å². The second-order valence-corrected chi connectivity index (χ2v) is 14.1. The molecule has 1 unspecified atom stereocenters. The van der Waals surface area contributed by atoms with E-state index in [2.05, 4.69) is 94.5 Å². The molecule has 3 rings (SSSR count). The summed E-state index contributed by atoms with van der Waals surface area (Å²) in [5.74, 6) is 0. The molecule has 0 saturated carbocycles. The maximum Gasteiger partial charge on any atom is 0.259 e. The summed E-state index contributed by atoms with van der Waals surface area (Å²) in [6.07, 6.45) is 3.06. The van der Waals surface area contributed by atoms with E-state index >= 15 is 0 Å². The van der Waals surface area contributed by atoms with Gasteiger partial charge in [-0.3, -0.25) is 9.20 Å². The molecule has 3 heteroatoms. The minimum absolute atomic E-state index is 0.0171. The molecule has 0 spiro atoms. The zero-order valence-corrected chi connectivity index (χ0v) is 21.1. The van der Waals surface area contributed by atoms with Crippen molar-refractivity contribution in [1.82, 2.24) is 4.40 Å². The Labute approximate surface area is 181 Å². The number of rotatable bonds is 2. The van der Waals surface area contributed by atoms with Crippen LogP contribution >= 0.6 is 11.8 Å². The number of nitrogens with zero attached hydrogens (tertiary/aromatic N) is 1. The van der Waals surface area contributed by atoms with Crippen LogP contribution in [0.1, 0.15) is 98.4 Å². The quantitative estimate of drug-likeness (QED) is 0.503. The van der Waals surface area contributed by atoms with Crippen molar-refractivity contribution in [3.05, 3.63) is 50.9 Å². The molecule has 29 heavy (non-hydrogen) atoms. The van der Waals surface area contributed by atoms with E-state index in [9.17, 15) is 4.79 Å². The summed E-state index contributed by atoms with van der Waals surface area (Å²) in [7, 11) is 0. The number of thioether (sulfide) groups is 1. The van der Waals surface area contributed by atoms with E-state index < -0.39 is 0 Å². The summed E-state index contributed by atoms with van der Waals surface area (Å²) >= 11 is 1.99. The molecule has 0 aromatic carbocycles. The maximum atomic E-state index is 13.9. The molecule has 160 valence electrons. The topological polar surface area (TPSA) is 21.5 Å². The van der Waals surface area contributed by atoms with E-state index in [4.69, 9.17) is 0 Å². The summed E-state index contributed by atoms with van der Waals surface area (Å²) in [4.78, 5) is 13.9. The third kappa shape index (κ3) is 4.04. The highest BCUT2D eigenvalue weighted by atomic mass is 32.2. The molecule has 0 radical (unpaired) electrons. The number of fused-ring (bicyclic) bond motifs is 1. The van der Waals surface area contributed by atoms with E-state index in [1.54, 1.807) is 0 Å². The van der Waals surface area contributed by atoms with Gasteiger partial charge >= 0.3 is 0 Å². The summed E-state index contributed by atoms with van der Waals surface area (Å²) < 4.78 is 1.97. The summed E-state index contributed by atoms with van der Waals surface area (Å²) in [5.41, 5.74) is 6.01. The van der Waals surface area contributed by atoms with Crippen LogP contribution < -0.4 is 5.56 Å². The SMILES string of the molecule is C[C@@H]1SC1(C)c1c(C(C)(C)C)c(=O)n2cc(CC(C)(C)C)ccc2c1C(C)(C)C. The molecule has 0 N–H and O–H groups in total. The lowest BCUT2D eigenvalue weighted by Gasteiger charge is -2.34. The third-order valence-electron chi connectivity index (χ3n) is 6.07. The molecule has 2 nitrogen and oxygen atoms in total. The Balaban J connectivity index is 2.49. The average molecular weight is 414 g/mol. The van der Waals surface area contributed by atoms with Gasteiger partial charge in [0.15, 0.2) is 0 Å². The molecule has 1 aliphatic heterocycles. The highest BCUT2D eigenvalue weighted by Gasteiger charge is 2.54. The first kappa shape index (κ1) is 22.5. The molecule has 1 aliphatic rings. The van der Waals surface area contributed by atoms with Crippen LogP contribution in [0.5, 0.6) is 0 Å². The van der Waals surface area contributed by atoms with E-state index in [1.807, 2.05) is 16.2 Å². The predicted octanol–water partition coefficient (Wildman–Crippen LogP) is 6.83. The van der Waals surface area contributed by atoms with Gasteiger partial charge in [-0.05, 0) is 52.3 Å². The van der Waals surface area contributed by atoms with Crippen LogP contribution in [0.2, 0.25) is 0 Å². The molecule has 0 aliphatic carbocycles. The van der Waals surface area contributed by atoms with Crippen LogP contribution in [0.25, 0.3) is 5.52 Å². The van der Waals surface area contributed by atoms with Gasteiger partial charge in [0.05, 0.1) is 10.3 Å². The van der Waals surface area contributed by atoms with Crippen molar-refractivity contribution in [2.75, 3.05) is 0 Å². The minimum Gasteiger partial charge on any atom is -0.283 e. The van der Waals surface area contributed by atoms with Gasteiger partial charge in [0.2, 0.25) is 0 Å². The van der Waals surface area contributed by atoms with Crippen molar-refractivity contribution < 1.29 is 0 Å². The molecule has 2 aromatic rings. The smallest absolute Gasteiger partial charge is 0.259 e. The van der Waals surface area contributed by atoms with Crippen LogP contribution in [-0.4, -0.2) is 9.65 Å². The fourth-order valence-corrected chi connectivity index (χ4v) is 5.77. The lowest BCUT2D eigenvalue weighted by atomic mass is 9.72. The Morgan fingerprint density at radius 1 is 0.966 bits per heavy atom. The normalized spacial score (nSPS) is 22.9. The van der Waals surface area contributed by atoms with Crippen molar-refractivity contribution >= 4 is 17.3 Å². The first-order valence-electron chi connectivity index (χ1n) is 10.9. The fourth-order valence-electron chi connectivity index (χ4n) is 4.66. The van der Waals surface area contributed by atoms with Crippen LogP contribution in [0.15, 0.2) is 23.1 Å². The van der Waals surface area contributed by atoms with E-state index in [1.165, 1.54) is 16.7 Å². The molecular weight excluding hydrogens is 374 g/mol. The lowest BCUT2D eigenvalue weighted by molar-refractivity contribution is 0.410. The van der Waals surface area contributed by atoms with Crippen LogP contribution in [0, 0.1) is 5.41 Å². The van der Waals surface area contributed by atoms with Gasteiger partial charge in [0.25, 0.3) is 5.56 Å². The van der Waals surface area contributed by atoms with Gasteiger partial charge in [-0.25, -0.2) is 0 Å². The second-order valence-electron chi connectivity index (χ2n) is 12.3. The van der Waals surface area contributed by atoms with Crippen molar-refractivity contribution in [2.45, 2.75) is 103 Å². The number of hydrogen-bond donors (Lipinski definition) is 0. The van der Waals surface area contributed by atoms with Crippen molar-refractivity contribution in [3.63, 3.8) is 0 Å². The summed E-state index contributed by atoms with van der Waals surface area (Å²) in [5, 5.41) is 0.534. The molecule has 1 fully saturated rings. The van der Waals surface area contributed by atoms with Gasteiger partial charge in [-0.1, -0.05) is 75.3 Å². The molecule has 3 heterocycles. The van der Waals surface area contributed by atoms with E-state index in [-0.39, 0.29) is 26.6 Å². The monoisotopic (exact) mass is 413 g/mol. The minimum atomic E-state index is -0.209. The van der Waals surface area contributed by atoms with Crippen molar-refractivity contribution in [2.24, 2.45) is 5.41 Å². The van der Waals surface area contributed by atoms with Gasteiger partial charge in [0, 0.05) is 17.0 Å². The Morgan fingerprint density at radius 2 is 1.48 bits per heavy atom. The highest BCUT2D eigenvalue weighted by Crippen LogP contribution is 2.63. The highest BCUT2D eigenvalue weighted by molar-refractivity contribution is 8.08. The average Bonchev–Trinajstić information content (AvgIpc) is 3.11. The second kappa shape index (κ2) is 6.64. The number of pyridine rings is 2. The van der Waals surface area contributed by atoms with Gasteiger partial charge in [-0.2, -0.15) is 0 Å². The maximum absolute atomic E-state index is 13.9. The predicted molar refractivity (Wildman–Crippen MR) is 129 cm³/mol. The molecule has 2 aromatic heterocycles. The van der Waals surface area contributed by atoms with Gasteiger partial charge in [-0.15, -0.1) is 11.8 Å². The van der Waals surface area contributed by atoms with Crippen LogP contribution in [0.3, 0.4) is 0 Å². The lowest BCUT2D eigenvalue weighted by Crippen LogP contribution is -2.36. The Kier molecular flexibility index (Phi) is 5.14. The summed E-state index contributed by atoms with van der Waals surface area (Å²) in [6, 6.07) is 4.42. The van der Waals surface area contributed by atoms with Gasteiger partial charge in [0.1, 0.15) is 0 Å². The molecule has 0 amide bonds. The Morgan fingerprint density at radius 3 is 1.90 bits per heavy atom. The largest absolute Gasteiger partial charge is 0.283 e. The zero-order valence-electron chi connectivity index (χ0n) is 20.3. The number of aromatic nitrogens is 1. The molecule has 1 saturated heterocycles. The summed E-state index contributed by atoms with van der Waals surface area (Å²) in [6.45, 7) is 24.8. The first-order valence-corrected chi connectivity index (χ1v) is 11.8. The third-order valence-corrected chi connectivity index (χ3v) is 7.69. The fraction of sp³-hybridized carbons (Fsp3) is 0.654. The van der Waals surface area contributed by atoms with E-state index in [0.717, 1.165) is 17.5 Å². The Hall–Kier alpha value is -1.22. The number of hydrogen-bond acceptors (Lipinski definition) is 2. The first-order chi connectivity index (χ1) is 13.0. The molecule has 2 atom stereocenters. The molecule has 0 bridgehead atoms.